The topological polar surface area (TPSA) is 75.5 Å². The SMILES string of the molecule is CCN(C)C(=O)CCc1nc2cc(S(=O)(=O)N(C)C)ccc2n1CC. The number of benzene rings is 1. The fourth-order valence-electron chi connectivity index (χ4n) is 2.66. The highest BCUT2D eigenvalue weighted by Gasteiger charge is 2.20. The second-order valence-corrected chi connectivity index (χ2v) is 8.27. The lowest BCUT2D eigenvalue weighted by molar-refractivity contribution is -0.129. The quantitative estimate of drug-likeness (QED) is 0.748. The van der Waals surface area contributed by atoms with Gasteiger partial charge in [-0.2, -0.15) is 0 Å². The first-order valence-electron chi connectivity index (χ1n) is 8.38. The Kier molecular flexibility index (Phi) is 5.84. The normalized spacial score (nSPS) is 12.1. The number of hydrogen-bond acceptors (Lipinski definition) is 4. The Balaban J connectivity index is 2.38. The summed E-state index contributed by atoms with van der Waals surface area (Å²) < 4.78 is 27.8. The van der Waals surface area contributed by atoms with Gasteiger partial charge >= 0.3 is 0 Å². The van der Waals surface area contributed by atoms with Crippen LogP contribution in [0.2, 0.25) is 0 Å². The molecule has 1 amide bonds. The van der Waals surface area contributed by atoms with E-state index >= 15 is 0 Å². The predicted molar refractivity (Wildman–Crippen MR) is 97.9 cm³/mol. The number of aromatic nitrogens is 2. The molecule has 0 spiro atoms. The lowest BCUT2D eigenvalue weighted by Gasteiger charge is -2.14. The van der Waals surface area contributed by atoms with Gasteiger partial charge in [-0.05, 0) is 32.0 Å². The first kappa shape index (κ1) is 19.4. The molecule has 0 aliphatic heterocycles. The molecule has 0 radical (unpaired) electrons. The van der Waals surface area contributed by atoms with Crippen LogP contribution in [0.4, 0.5) is 0 Å². The van der Waals surface area contributed by atoms with Gasteiger partial charge in [0, 0.05) is 47.1 Å². The molecule has 0 atom stereocenters. The molecule has 2 aromatic rings. The third-order valence-electron chi connectivity index (χ3n) is 4.36. The summed E-state index contributed by atoms with van der Waals surface area (Å²) >= 11 is 0. The maximum Gasteiger partial charge on any atom is 0.242 e. The summed E-state index contributed by atoms with van der Waals surface area (Å²) in [6.07, 6.45) is 0.915. The van der Waals surface area contributed by atoms with Crippen molar-refractivity contribution in [2.24, 2.45) is 0 Å². The number of hydrogen-bond donors (Lipinski definition) is 0. The molecule has 2 rings (SSSR count). The van der Waals surface area contributed by atoms with Crippen LogP contribution in [0.15, 0.2) is 23.1 Å². The van der Waals surface area contributed by atoms with Gasteiger partial charge in [-0.1, -0.05) is 0 Å². The zero-order chi connectivity index (χ0) is 18.8. The highest BCUT2D eigenvalue weighted by atomic mass is 32.2. The van der Waals surface area contributed by atoms with Crippen LogP contribution in [0.1, 0.15) is 26.1 Å². The van der Waals surface area contributed by atoms with E-state index in [2.05, 4.69) is 4.98 Å². The van der Waals surface area contributed by atoms with Gasteiger partial charge in [-0.15, -0.1) is 0 Å². The van der Waals surface area contributed by atoms with Crippen LogP contribution >= 0.6 is 0 Å². The van der Waals surface area contributed by atoms with Crippen molar-refractivity contribution in [1.82, 2.24) is 18.8 Å². The predicted octanol–water partition coefficient (Wildman–Crippen LogP) is 1.72. The molecule has 0 N–H and O–H groups in total. The van der Waals surface area contributed by atoms with Crippen LogP contribution in [-0.4, -0.2) is 60.8 Å². The number of carbonyl (C=O) groups excluding carboxylic acids is 1. The summed E-state index contributed by atoms with van der Waals surface area (Å²) in [6.45, 7) is 5.33. The summed E-state index contributed by atoms with van der Waals surface area (Å²) in [5.41, 5.74) is 1.52. The fourth-order valence-corrected chi connectivity index (χ4v) is 3.58. The van der Waals surface area contributed by atoms with Gasteiger partial charge in [0.25, 0.3) is 0 Å². The molecular weight excluding hydrogens is 340 g/mol. The van der Waals surface area contributed by atoms with Crippen molar-refractivity contribution < 1.29 is 13.2 Å². The smallest absolute Gasteiger partial charge is 0.242 e. The van der Waals surface area contributed by atoms with Crippen LogP contribution in [0, 0.1) is 0 Å². The van der Waals surface area contributed by atoms with E-state index in [-0.39, 0.29) is 10.8 Å². The third kappa shape index (κ3) is 3.85. The van der Waals surface area contributed by atoms with E-state index in [0.29, 0.717) is 31.4 Å². The lowest BCUT2D eigenvalue weighted by Crippen LogP contribution is -2.26. The van der Waals surface area contributed by atoms with Crippen LogP contribution in [0.3, 0.4) is 0 Å². The number of nitrogens with zero attached hydrogens (tertiary/aromatic N) is 4. The first-order chi connectivity index (χ1) is 11.7. The molecule has 8 heteroatoms. The molecule has 0 saturated heterocycles. The van der Waals surface area contributed by atoms with Crippen molar-refractivity contribution >= 4 is 27.0 Å². The molecule has 25 heavy (non-hydrogen) atoms. The molecular formula is C17H26N4O3S. The molecule has 0 aliphatic carbocycles. The van der Waals surface area contributed by atoms with E-state index in [1.54, 1.807) is 30.1 Å². The number of rotatable bonds is 7. The van der Waals surface area contributed by atoms with E-state index in [1.165, 1.54) is 18.4 Å². The van der Waals surface area contributed by atoms with Crippen molar-refractivity contribution in [3.05, 3.63) is 24.0 Å². The highest BCUT2D eigenvalue weighted by molar-refractivity contribution is 7.89. The van der Waals surface area contributed by atoms with E-state index in [4.69, 9.17) is 0 Å². The highest BCUT2D eigenvalue weighted by Crippen LogP contribution is 2.22. The van der Waals surface area contributed by atoms with Gasteiger partial charge in [-0.3, -0.25) is 4.79 Å². The second-order valence-electron chi connectivity index (χ2n) is 6.12. The number of amides is 1. The van der Waals surface area contributed by atoms with E-state index in [9.17, 15) is 13.2 Å². The van der Waals surface area contributed by atoms with Crippen LogP contribution in [-0.2, 0) is 27.8 Å². The second kappa shape index (κ2) is 7.53. The van der Waals surface area contributed by atoms with Gasteiger partial charge in [0.1, 0.15) is 5.82 Å². The molecule has 1 heterocycles. The first-order valence-corrected chi connectivity index (χ1v) is 9.82. The summed E-state index contributed by atoms with van der Waals surface area (Å²) in [4.78, 5) is 18.5. The zero-order valence-corrected chi connectivity index (χ0v) is 16.3. The standard InChI is InChI=1S/C17H26N4O3S/c1-6-20(5)17(22)11-10-16-18-14-12-13(25(23,24)19(3)4)8-9-15(14)21(16)7-2/h8-9,12H,6-7,10-11H2,1-5H3. The average Bonchev–Trinajstić information content (AvgIpc) is 2.95. The Morgan fingerprint density at radius 2 is 1.88 bits per heavy atom. The Hall–Kier alpha value is -1.93. The number of carbonyl (C=O) groups is 1. The summed E-state index contributed by atoms with van der Waals surface area (Å²) in [5.74, 6) is 0.878. The van der Waals surface area contributed by atoms with Gasteiger partial charge in [0.05, 0.1) is 15.9 Å². The number of imidazole rings is 1. The Morgan fingerprint density at radius 1 is 1.20 bits per heavy atom. The molecule has 0 saturated carbocycles. The monoisotopic (exact) mass is 366 g/mol. The lowest BCUT2D eigenvalue weighted by atomic mass is 10.2. The number of fused-ring (bicyclic) bond motifs is 1. The average molecular weight is 366 g/mol. The molecule has 0 bridgehead atoms. The van der Waals surface area contributed by atoms with E-state index in [1.807, 2.05) is 18.4 Å². The van der Waals surface area contributed by atoms with Crippen molar-refractivity contribution in [1.29, 1.82) is 0 Å². The molecule has 7 nitrogen and oxygen atoms in total. The van der Waals surface area contributed by atoms with Crippen LogP contribution in [0.5, 0.6) is 0 Å². The minimum atomic E-state index is -3.50. The van der Waals surface area contributed by atoms with E-state index in [0.717, 1.165) is 11.3 Å². The molecule has 0 fully saturated rings. The Labute approximate surface area is 149 Å². The van der Waals surface area contributed by atoms with Crippen LogP contribution < -0.4 is 0 Å². The Bertz CT molecular complexity index is 871. The fraction of sp³-hybridized carbons (Fsp3) is 0.529. The molecule has 1 aromatic carbocycles. The van der Waals surface area contributed by atoms with Gasteiger partial charge < -0.3 is 9.47 Å². The van der Waals surface area contributed by atoms with Gasteiger partial charge in [-0.25, -0.2) is 17.7 Å². The van der Waals surface area contributed by atoms with Crippen molar-refractivity contribution in [3.63, 3.8) is 0 Å². The molecule has 138 valence electrons. The summed E-state index contributed by atoms with van der Waals surface area (Å²) in [7, 11) is 1.30. The van der Waals surface area contributed by atoms with Gasteiger partial charge in [0.15, 0.2) is 0 Å². The minimum absolute atomic E-state index is 0.0769. The summed E-state index contributed by atoms with van der Waals surface area (Å²) in [5, 5.41) is 0. The molecule has 0 unspecified atom stereocenters. The van der Waals surface area contributed by atoms with Crippen LogP contribution in [0.25, 0.3) is 11.0 Å². The zero-order valence-electron chi connectivity index (χ0n) is 15.5. The summed E-state index contributed by atoms with van der Waals surface area (Å²) in [6, 6.07) is 4.98. The third-order valence-corrected chi connectivity index (χ3v) is 6.17. The van der Waals surface area contributed by atoms with Gasteiger partial charge in [0.2, 0.25) is 15.9 Å². The number of sulfonamides is 1. The van der Waals surface area contributed by atoms with Crippen molar-refractivity contribution in [2.45, 2.75) is 38.1 Å². The maximum absolute atomic E-state index is 12.3. The van der Waals surface area contributed by atoms with Crippen molar-refractivity contribution in [3.8, 4) is 0 Å². The number of aryl methyl sites for hydroxylation is 2. The van der Waals surface area contributed by atoms with E-state index < -0.39 is 10.0 Å². The van der Waals surface area contributed by atoms with Crippen molar-refractivity contribution in [2.75, 3.05) is 27.7 Å². The minimum Gasteiger partial charge on any atom is -0.346 e. The maximum atomic E-state index is 12.3. The molecule has 0 aliphatic rings. The molecule has 1 aromatic heterocycles. The Morgan fingerprint density at radius 3 is 2.44 bits per heavy atom. The largest absolute Gasteiger partial charge is 0.346 e.